The number of carbonyl (C=O) groups excluding carboxylic acids is 2. The van der Waals surface area contributed by atoms with E-state index in [-0.39, 0.29) is 17.0 Å². The zero-order valence-electron chi connectivity index (χ0n) is 16.2. The summed E-state index contributed by atoms with van der Waals surface area (Å²) in [7, 11) is 1.57. The van der Waals surface area contributed by atoms with Crippen molar-refractivity contribution in [3.05, 3.63) is 45.8 Å². The molecule has 1 aromatic heterocycles. The van der Waals surface area contributed by atoms with Crippen LogP contribution in [0.15, 0.2) is 24.3 Å². The summed E-state index contributed by atoms with van der Waals surface area (Å²) in [5.41, 5.74) is 7.01. The topological polar surface area (TPSA) is 93.4 Å². The Balaban J connectivity index is 2.00. The van der Waals surface area contributed by atoms with Gasteiger partial charge in [-0.2, -0.15) is 0 Å². The van der Waals surface area contributed by atoms with Gasteiger partial charge in [0.1, 0.15) is 10.8 Å². The SMILES string of the molecule is COc1ccc(C(=O)Nc2sc3c(c2C(N)=O)CC(C)(C)NC3(C)C)cc1. The lowest BCUT2D eigenvalue weighted by molar-refractivity contribution is 0.0999. The summed E-state index contributed by atoms with van der Waals surface area (Å²) in [5.74, 6) is -0.138. The number of primary amides is 1. The second kappa shape index (κ2) is 6.65. The number of nitrogens with one attached hydrogen (secondary N) is 2. The van der Waals surface area contributed by atoms with Crippen LogP contribution in [0.25, 0.3) is 0 Å². The number of rotatable bonds is 4. The number of hydrogen-bond donors (Lipinski definition) is 3. The third-order valence-electron chi connectivity index (χ3n) is 4.67. The molecule has 0 unspecified atom stereocenters. The van der Waals surface area contributed by atoms with Crippen LogP contribution in [-0.4, -0.2) is 24.5 Å². The second-order valence-corrected chi connectivity index (χ2v) is 8.99. The van der Waals surface area contributed by atoms with E-state index in [0.717, 1.165) is 10.4 Å². The number of anilines is 1. The first-order valence-electron chi connectivity index (χ1n) is 8.75. The zero-order valence-corrected chi connectivity index (χ0v) is 17.0. The summed E-state index contributed by atoms with van der Waals surface area (Å²) in [4.78, 5) is 25.9. The molecule has 27 heavy (non-hydrogen) atoms. The minimum Gasteiger partial charge on any atom is -0.497 e. The van der Waals surface area contributed by atoms with E-state index in [4.69, 9.17) is 10.5 Å². The Morgan fingerprint density at radius 1 is 1.19 bits per heavy atom. The Bertz CT molecular complexity index is 898. The zero-order chi connectivity index (χ0) is 20.0. The molecule has 1 aliphatic heterocycles. The lowest BCUT2D eigenvalue weighted by Crippen LogP contribution is -2.55. The highest BCUT2D eigenvalue weighted by Gasteiger charge is 2.41. The van der Waals surface area contributed by atoms with Gasteiger partial charge in [-0.05, 0) is 63.9 Å². The van der Waals surface area contributed by atoms with E-state index >= 15 is 0 Å². The van der Waals surface area contributed by atoms with E-state index in [1.165, 1.54) is 11.3 Å². The number of amides is 2. The van der Waals surface area contributed by atoms with Crippen LogP contribution in [0.5, 0.6) is 5.75 Å². The van der Waals surface area contributed by atoms with Gasteiger partial charge in [0.15, 0.2) is 0 Å². The molecular weight excluding hydrogens is 362 g/mol. The predicted molar refractivity (Wildman–Crippen MR) is 108 cm³/mol. The average Bonchev–Trinajstić information content (AvgIpc) is 2.91. The van der Waals surface area contributed by atoms with Crippen LogP contribution in [0, 0.1) is 0 Å². The van der Waals surface area contributed by atoms with Crippen molar-refractivity contribution >= 4 is 28.2 Å². The molecule has 4 N–H and O–H groups in total. The summed E-state index contributed by atoms with van der Waals surface area (Å²) in [6, 6.07) is 6.80. The molecule has 0 atom stereocenters. The first-order valence-corrected chi connectivity index (χ1v) is 9.56. The maximum absolute atomic E-state index is 12.7. The lowest BCUT2D eigenvalue weighted by Gasteiger charge is -2.42. The molecule has 3 rings (SSSR count). The number of hydrogen-bond acceptors (Lipinski definition) is 5. The predicted octanol–water partition coefficient (Wildman–Crippen LogP) is 3.27. The third-order valence-corrected chi connectivity index (χ3v) is 6.14. The van der Waals surface area contributed by atoms with E-state index in [1.807, 2.05) is 0 Å². The van der Waals surface area contributed by atoms with Crippen molar-refractivity contribution in [2.75, 3.05) is 12.4 Å². The van der Waals surface area contributed by atoms with E-state index in [9.17, 15) is 9.59 Å². The maximum Gasteiger partial charge on any atom is 0.256 e. The minimum atomic E-state index is -0.522. The van der Waals surface area contributed by atoms with E-state index in [2.05, 4.69) is 38.3 Å². The van der Waals surface area contributed by atoms with Crippen LogP contribution in [0.3, 0.4) is 0 Å². The number of thiophene rings is 1. The van der Waals surface area contributed by atoms with Gasteiger partial charge in [-0.25, -0.2) is 0 Å². The molecule has 0 aliphatic carbocycles. The van der Waals surface area contributed by atoms with Crippen molar-refractivity contribution in [3.8, 4) is 5.75 Å². The standard InChI is InChI=1S/C20H25N3O3S/c1-19(2)10-13-14(16(21)24)18(27-15(13)20(3,4)23-19)22-17(25)11-6-8-12(26-5)9-7-11/h6-9,23H,10H2,1-5H3,(H2,21,24)(H,22,25). The first kappa shape index (κ1) is 19.4. The largest absolute Gasteiger partial charge is 0.497 e. The van der Waals surface area contributed by atoms with Crippen molar-refractivity contribution in [1.29, 1.82) is 0 Å². The van der Waals surface area contributed by atoms with Gasteiger partial charge < -0.3 is 21.1 Å². The van der Waals surface area contributed by atoms with E-state index in [1.54, 1.807) is 31.4 Å². The number of fused-ring (bicyclic) bond motifs is 1. The maximum atomic E-state index is 12.7. The Kier molecular flexibility index (Phi) is 4.78. The van der Waals surface area contributed by atoms with Crippen LogP contribution in [0.2, 0.25) is 0 Å². The molecule has 6 nitrogen and oxygen atoms in total. The molecular formula is C20H25N3O3S. The molecule has 7 heteroatoms. The summed E-state index contributed by atoms with van der Waals surface area (Å²) >= 11 is 1.41. The monoisotopic (exact) mass is 387 g/mol. The van der Waals surface area contributed by atoms with E-state index in [0.29, 0.717) is 28.3 Å². The Morgan fingerprint density at radius 2 is 1.81 bits per heavy atom. The van der Waals surface area contributed by atoms with Crippen molar-refractivity contribution in [2.45, 2.75) is 45.2 Å². The van der Waals surface area contributed by atoms with Gasteiger partial charge in [0, 0.05) is 21.5 Å². The number of methoxy groups -OCH3 is 1. The summed E-state index contributed by atoms with van der Waals surface area (Å²) in [6.07, 6.45) is 0.666. The van der Waals surface area contributed by atoms with Crippen LogP contribution >= 0.6 is 11.3 Å². The summed E-state index contributed by atoms with van der Waals surface area (Å²) in [5, 5.41) is 6.98. The van der Waals surface area contributed by atoms with Gasteiger partial charge in [0.25, 0.3) is 11.8 Å². The van der Waals surface area contributed by atoms with Crippen LogP contribution in [-0.2, 0) is 12.0 Å². The Morgan fingerprint density at radius 3 is 2.37 bits per heavy atom. The molecule has 1 aromatic carbocycles. The van der Waals surface area contributed by atoms with Crippen molar-refractivity contribution in [2.24, 2.45) is 5.73 Å². The van der Waals surface area contributed by atoms with Gasteiger partial charge in [0.05, 0.1) is 12.7 Å². The smallest absolute Gasteiger partial charge is 0.256 e. The van der Waals surface area contributed by atoms with Gasteiger partial charge in [-0.3, -0.25) is 9.59 Å². The fraction of sp³-hybridized carbons (Fsp3) is 0.400. The number of carbonyl (C=O) groups is 2. The van der Waals surface area contributed by atoms with Crippen molar-refractivity contribution in [1.82, 2.24) is 5.32 Å². The fourth-order valence-corrected chi connectivity index (χ4v) is 5.07. The number of ether oxygens (including phenoxy) is 1. The van der Waals surface area contributed by atoms with Gasteiger partial charge in [0.2, 0.25) is 0 Å². The summed E-state index contributed by atoms with van der Waals surface area (Å²) in [6.45, 7) is 8.33. The molecule has 0 radical (unpaired) electrons. The van der Waals surface area contributed by atoms with Gasteiger partial charge in [-0.1, -0.05) is 0 Å². The first-order chi connectivity index (χ1) is 12.5. The molecule has 0 spiro atoms. The number of nitrogens with two attached hydrogens (primary N) is 1. The van der Waals surface area contributed by atoms with Crippen LogP contribution < -0.4 is 21.1 Å². The fourth-order valence-electron chi connectivity index (χ4n) is 3.79. The Hall–Kier alpha value is -2.38. The van der Waals surface area contributed by atoms with Crippen molar-refractivity contribution in [3.63, 3.8) is 0 Å². The molecule has 2 aromatic rings. The minimum absolute atomic E-state index is 0.182. The molecule has 2 amide bonds. The van der Waals surface area contributed by atoms with Crippen LogP contribution in [0.4, 0.5) is 5.00 Å². The van der Waals surface area contributed by atoms with Gasteiger partial charge in [-0.15, -0.1) is 11.3 Å². The molecule has 0 fully saturated rings. The molecule has 0 bridgehead atoms. The lowest BCUT2D eigenvalue weighted by atomic mass is 9.81. The molecule has 144 valence electrons. The highest BCUT2D eigenvalue weighted by atomic mass is 32.1. The molecule has 0 saturated carbocycles. The Labute approximate surface area is 163 Å². The quantitative estimate of drug-likeness (QED) is 0.751. The van der Waals surface area contributed by atoms with E-state index < -0.39 is 5.91 Å². The third kappa shape index (κ3) is 3.70. The highest BCUT2D eigenvalue weighted by Crippen LogP contribution is 2.45. The highest BCUT2D eigenvalue weighted by molar-refractivity contribution is 7.17. The van der Waals surface area contributed by atoms with Gasteiger partial charge >= 0.3 is 0 Å². The average molecular weight is 388 g/mol. The second-order valence-electron chi connectivity index (χ2n) is 7.97. The molecule has 1 aliphatic rings. The van der Waals surface area contributed by atoms with Crippen molar-refractivity contribution < 1.29 is 14.3 Å². The summed E-state index contributed by atoms with van der Waals surface area (Å²) < 4.78 is 5.12. The normalized spacial score (nSPS) is 17.1. The molecule has 0 saturated heterocycles. The number of benzene rings is 1. The van der Waals surface area contributed by atoms with Crippen LogP contribution in [0.1, 0.15) is 58.9 Å². The molecule has 2 heterocycles.